The van der Waals surface area contributed by atoms with Crippen LogP contribution in [0.1, 0.15) is 30.6 Å². The lowest BCUT2D eigenvalue weighted by atomic mass is 10.1. The van der Waals surface area contributed by atoms with Crippen LogP contribution in [0.4, 0.5) is 5.69 Å². The fourth-order valence-electron chi connectivity index (χ4n) is 2.01. The number of hydrogen-bond acceptors (Lipinski definition) is 3. The van der Waals surface area contributed by atoms with E-state index in [0.29, 0.717) is 17.0 Å². The number of ether oxygens (including phenoxy) is 1. The fourth-order valence-corrected chi connectivity index (χ4v) is 2.01. The van der Waals surface area contributed by atoms with E-state index in [2.05, 4.69) is 10.6 Å². The van der Waals surface area contributed by atoms with Crippen molar-refractivity contribution in [3.05, 3.63) is 60.2 Å². The topological polar surface area (TPSA) is 67.4 Å². The summed E-state index contributed by atoms with van der Waals surface area (Å²) in [5, 5.41) is 5.63. The standard InChI is InChI=1S/C19H22N2O3/c1-3-14(2)20-19(23)15-8-7-9-16(12-15)21-18(22)13-24-17-10-5-4-6-11-17/h4-12,14H,3,13H2,1-2H3,(H,20,23)(H,21,22)/t14-/m1/s1. The molecule has 1 atom stereocenters. The van der Waals surface area contributed by atoms with Crippen LogP contribution in [0.2, 0.25) is 0 Å². The Morgan fingerprint density at radius 1 is 1.08 bits per heavy atom. The Bertz CT molecular complexity index is 686. The summed E-state index contributed by atoms with van der Waals surface area (Å²) < 4.78 is 5.39. The molecule has 0 radical (unpaired) electrons. The highest BCUT2D eigenvalue weighted by molar-refractivity contribution is 5.97. The molecule has 0 heterocycles. The summed E-state index contributed by atoms with van der Waals surface area (Å²) in [5.41, 5.74) is 1.07. The quantitative estimate of drug-likeness (QED) is 0.821. The molecule has 5 nitrogen and oxygen atoms in total. The fraction of sp³-hybridized carbons (Fsp3) is 0.263. The van der Waals surface area contributed by atoms with Gasteiger partial charge in [-0.25, -0.2) is 0 Å². The van der Waals surface area contributed by atoms with E-state index in [0.717, 1.165) is 6.42 Å². The molecule has 0 aliphatic carbocycles. The normalized spacial score (nSPS) is 11.4. The van der Waals surface area contributed by atoms with Crippen molar-refractivity contribution in [3.8, 4) is 5.75 Å². The Balaban J connectivity index is 1.91. The Morgan fingerprint density at radius 3 is 2.54 bits per heavy atom. The van der Waals surface area contributed by atoms with Gasteiger partial charge < -0.3 is 15.4 Å². The van der Waals surface area contributed by atoms with Gasteiger partial charge >= 0.3 is 0 Å². The van der Waals surface area contributed by atoms with E-state index in [1.54, 1.807) is 36.4 Å². The van der Waals surface area contributed by atoms with E-state index in [1.807, 2.05) is 32.0 Å². The minimum absolute atomic E-state index is 0.0900. The highest BCUT2D eigenvalue weighted by atomic mass is 16.5. The lowest BCUT2D eigenvalue weighted by Gasteiger charge is -2.12. The molecule has 0 saturated heterocycles. The zero-order valence-electron chi connectivity index (χ0n) is 13.9. The Kier molecular flexibility index (Phi) is 6.37. The van der Waals surface area contributed by atoms with Crippen LogP contribution in [0.15, 0.2) is 54.6 Å². The van der Waals surface area contributed by atoms with Gasteiger partial charge in [0.15, 0.2) is 6.61 Å². The second-order valence-electron chi connectivity index (χ2n) is 5.51. The minimum Gasteiger partial charge on any atom is -0.484 e. The summed E-state index contributed by atoms with van der Waals surface area (Å²) in [6.45, 7) is 3.87. The van der Waals surface area contributed by atoms with Crippen molar-refractivity contribution in [1.29, 1.82) is 0 Å². The summed E-state index contributed by atoms with van der Waals surface area (Å²) in [6.07, 6.45) is 0.860. The molecular weight excluding hydrogens is 304 g/mol. The molecular formula is C19H22N2O3. The highest BCUT2D eigenvalue weighted by Crippen LogP contribution is 2.12. The molecule has 5 heteroatoms. The Morgan fingerprint density at radius 2 is 1.83 bits per heavy atom. The number of nitrogens with one attached hydrogen (secondary N) is 2. The lowest BCUT2D eigenvalue weighted by Crippen LogP contribution is -2.32. The maximum atomic E-state index is 12.1. The number of anilines is 1. The predicted octanol–water partition coefficient (Wildman–Crippen LogP) is 3.23. The molecule has 0 unspecified atom stereocenters. The summed E-state index contributed by atoms with van der Waals surface area (Å²) in [4.78, 5) is 24.1. The number of hydrogen-bond donors (Lipinski definition) is 2. The van der Waals surface area contributed by atoms with E-state index in [1.165, 1.54) is 0 Å². The van der Waals surface area contributed by atoms with Crippen molar-refractivity contribution >= 4 is 17.5 Å². The first-order chi connectivity index (χ1) is 11.6. The van der Waals surface area contributed by atoms with Gasteiger partial charge in [-0.15, -0.1) is 0 Å². The Hall–Kier alpha value is -2.82. The summed E-state index contributed by atoms with van der Waals surface area (Å²) in [6, 6.07) is 16.1. The molecule has 0 aliphatic heterocycles. The Labute approximate surface area is 142 Å². The van der Waals surface area contributed by atoms with Gasteiger partial charge in [-0.3, -0.25) is 9.59 Å². The van der Waals surface area contributed by atoms with E-state index in [-0.39, 0.29) is 24.5 Å². The second-order valence-corrected chi connectivity index (χ2v) is 5.51. The van der Waals surface area contributed by atoms with Crippen molar-refractivity contribution in [2.45, 2.75) is 26.3 Å². The first-order valence-electron chi connectivity index (χ1n) is 7.97. The molecule has 126 valence electrons. The first-order valence-corrected chi connectivity index (χ1v) is 7.97. The summed E-state index contributed by atoms with van der Waals surface area (Å²) >= 11 is 0. The van der Waals surface area contributed by atoms with Crippen LogP contribution in [0.25, 0.3) is 0 Å². The van der Waals surface area contributed by atoms with E-state index >= 15 is 0 Å². The van der Waals surface area contributed by atoms with E-state index < -0.39 is 0 Å². The van der Waals surface area contributed by atoms with Crippen LogP contribution < -0.4 is 15.4 Å². The zero-order valence-corrected chi connectivity index (χ0v) is 13.9. The minimum atomic E-state index is -0.279. The average molecular weight is 326 g/mol. The van der Waals surface area contributed by atoms with Gasteiger partial charge in [0.1, 0.15) is 5.75 Å². The van der Waals surface area contributed by atoms with Crippen molar-refractivity contribution in [2.75, 3.05) is 11.9 Å². The molecule has 0 aromatic heterocycles. The van der Waals surface area contributed by atoms with Crippen LogP contribution in [-0.2, 0) is 4.79 Å². The van der Waals surface area contributed by atoms with Crippen molar-refractivity contribution in [1.82, 2.24) is 5.32 Å². The largest absolute Gasteiger partial charge is 0.484 e. The van der Waals surface area contributed by atoms with Crippen molar-refractivity contribution in [2.24, 2.45) is 0 Å². The summed E-state index contributed by atoms with van der Waals surface area (Å²) in [5.74, 6) is 0.202. The lowest BCUT2D eigenvalue weighted by molar-refractivity contribution is -0.118. The molecule has 0 saturated carbocycles. The number of carbonyl (C=O) groups is 2. The maximum absolute atomic E-state index is 12.1. The number of para-hydroxylation sites is 1. The second kappa shape index (κ2) is 8.72. The predicted molar refractivity (Wildman–Crippen MR) is 94.2 cm³/mol. The number of amides is 2. The van der Waals surface area contributed by atoms with Gasteiger partial charge in [0.2, 0.25) is 0 Å². The number of benzene rings is 2. The molecule has 24 heavy (non-hydrogen) atoms. The monoisotopic (exact) mass is 326 g/mol. The molecule has 0 spiro atoms. The SMILES string of the molecule is CC[C@@H](C)NC(=O)c1cccc(NC(=O)COc2ccccc2)c1. The molecule has 2 amide bonds. The maximum Gasteiger partial charge on any atom is 0.262 e. The van der Waals surface area contributed by atoms with Crippen molar-refractivity contribution in [3.63, 3.8) is 0 Å². The molecule has 0 bridgehead atoms. The highest BCUT2D eigenvalue weighted by Gasteiger charge is 2.10. The number of rotatable bonds is 7. The van der Waals surface area contributed by atoms with Crippen LogP contribution >= 0.6 is 0 Å². The van der Waals surface area contributed by atoms with Gasteiger partial charge in [0.25, 0.3) is 11.8 Å². The van der Waals surface area contributed by atoms with Gasteiger partial charge in [0.05, 0.1) is 0 Å². The molecule has 2 aromatic rings. The van der Waals surface area contributed by atoms with Crippen LogP contribution in [0.5, 0.6) is 5.75 Å². The summed E-state index contributed by atoms with van der Waals surface area (Å²) in [7, 11) is 0. The molecule has 0 fully saturated rings. The third kappa shape index (κ3) is 5.43. The number of carbonyl (C=O) groups excluding carboxylic acids is 2. The van der Waals surface area contributed by atoms with Crippen LogP contribution in [0.3, 0.4) is 0 Å². The van der Waals surface area contributed by atoms with E-state index in [9.17, 15) is 9.59 Å². The molecule has 2 rings (SSSR count). The zero-order chi connectivity index (χ0) is 17.4. The first kappa shape index (κ1) is 17.5. The molecule has 2 N–H and O–H groups in total. The molecule has 2 aromatic carbocycles. The van der Waals surface area contributed by atoms with Crippen LogP contribution in [0, 0.1) is 0 Å². The van der Waals surface area contributed by atoms with Crippen LogP contribution in [-0.4, -0.2) is 24.5 Å². The third-order valence-electron chi connectivity index (χ3n) is 3.51. The van der Waals surface area contributed by atoms with Gasteiger partial charge in [-0.1, -0.05) is 31.2 Å². The van der Waals surface area contributed by atoms with Gasteiger partial charge in [-0.2, -0.15) is 0 Å². The molecule has 0 aliphatic rings. The van der Waals surface area contributed by atoms with Crippen molar-refractivity contribution < 1.29 is 14.3 Å². The third-order valence-corrected chi connectivity index (χ3v) is 3.51. The van der Waals surface area contributed by atoms with Gasteiger partial charge in [0, 0.05) is 17.3 Å². The van der Waals surface area contributed by atoms with E-state index in [4.69, 9.17) is 4.74 Å². The average Bonchev–Trinajstić information content (AvgIpc) is 2.61. The smallest absolute Gasteiger partial charge is 0.262 e. The van der Waals surface area contributed by atoms with Gasteiger partial charge in [-0.05, 0) is 43.7 Å².